The lowest BCUT2D eigenvalue weighted by molar-refractivity contribution is -0.138. The van der Waals surface area contributed by atoms with E-state index in [9.17, 15) is 9.18 Å². The topological polar surface area (TPSA) is 97.1 Å². The normalized spacial score (nSPS) is 25.5. The Morgan fingerprint density at radius 3 is 2.84 bits per heavy atom. The van der Waals surface area contributed by atoms with Crippen LogP contribution in [0.4, 0.5) is 4.39 Å². The van der Waals surface area contributed by atoms with E-state index in [1.165, 1.54) is 12.1 Å². The van der Waals surface area contributed by atoms with E-state index in [4.69, 9.17) is 11.5 Å². The first-order valence-electron chi connectivity index (χ1n) is 8.14. The number of likely N-dealkylation sites (tertiary alicyclic amines) is 1. The third-order valence-electron chi connectivity index (χ3n) is 4.67. The van der Waals surface area contributed by atoms with Gasteiger partial charge in [-0.25, -0.2) is 14.4 Å². The highest BCUT2D eigenvalue weighted by Crippen LogP contribution is 2.33. The number of amides is 1. The first-order chi connectivity index (χ1) is 12.0. The number of benzene rings is 1. The quantitative estimate of drug-likeness (QED) is 0.834. The van der Waals surface area contributed by atoms with Crippen LogP contribution in [0.2, 0.25) is 0 Å². The molecule has 4 rings (SSSR count). The lowest BCUT2D eigenvalue weighted by Crippen LogP contribution is -2.60. The smallest absolute Gasteiger partial charge is 0.232 e. The number of dihydropyridines is 1. The van der Waals surface area contributed by atoms with Crippen LogP contribution in [-0.2, 0) is 4.79 Å². The molecule has 4 N–H and O–H groups in total. The summed E-state index contributed by atoms with van der Waals surface area (Å²) in [4.78, 5) is 23.1. The van der Waals surface area contributed by atoms with E-state index >= 15 is 0 Å². The zero-order chi connectivity index (χ0) is 17.6. The summed E-state index contributed by atoms with van der Waals surface area (Å²) >= 11 is 0. The second-order valence-corrected chi connectivity index (χ2v) is 6.47. The molecule has 0 aliphatic carbocycles. The number of allylic oxidation sites excluding steroid dienone is 2. The van der Waals surface area contributed by atoms with Gasteiger partial charge in [0.25, 0.3) is 0 Å². The average Bonchev–Trinajstić information content (AvgIpc) is 2.59. The predicted octanol–water partition coefficient (Wildman–Crippen LogP) is 0.799. The van der Waals surface area contributed by atoms with Crippen LogP contribution in [0.5, 0.6) is 0 Å². The van der Waals surface area contributed by atoms with Crippen LogP contribution in [-0.4, -0.2) is 41.9 Å². The van der Waals surface area contributed by atoms with Gasteiger partial charge in [-0.2, -0.15) is 0 Å². The number of nitrogens with zero attached hydrogens (tertiary/aromatic N) is 3. The van der Waals surface area contributed by atoms with Crippen molar-refractivity contribution in [1.82, 2.24) is 4.90 Å². The molecule has 0 radical (unpaired) electrons. The second kappa shape index (κ2) is 5.93. The van der Waals surface area contributed by atoms with Gasteiger partial charge in [0.1, 0.15) is 11.6 Å². The van der Waals surface area contributed by atoms with Crippen LogP contribution in [0.15, 0.2) is 57.9 Å². The van der Waals surface area contributed by atoms with Gasteiger partial charge in [0.15, 0.2) is 0 Å². The maximum Gasteiger partial charge on any atom is 0.232 e. The molecule has 1 fully saturated rings. The molecule has 6 nitrogen and oxygen atoms in total. The molecular formula is C18H18FN5O. The molecule has 1 aromatic carbocycles. The third-order valence-corrected chi connectivity index (χ3v) is 4.67. The molecule has 0 saturated carbocycles. The van der Waals surface area contributed by atoms with Crippen molar-refractivity contribution < 1.29 is 9.18 Å². The first-order valence-corrected chi connectivity index (χ1v) is 8.14. The SMILES string of the molecule is NC1=C2N=C(c3cccc(F)c3)C=CC2C(C(=O)N2CC(N)C2)C=N1. The molecule has 2 unspecified atom stereocenters. The van der Waals surface area contributed by atoms with Gasteiger partial charge in [-0.05, 0) is 18.2 Å². The number of fused-ring (bicyclic) bond motifs is 1. The molecule has 3 aliphatic heterocycles. The molecule has 0 aromatic heterocycles. The number of carbonyl (C=O) groups is 1. The monoisotopic (exact) mass is 339 g/mol. The van der Waals surface area contributed by atoms with Crippen LogP contribution < -0.4 is 11.5 Å². The Hall–Kier alpha value is -2.80. The predicted molar refractivity (Wildman–Crippen MR) is 93.3 cm³/mol. The maximum atomic E-state index is 13.5. The fourth-order valence-corrected chi connectivity index (χ4v) is 3.29. The Balaban J connectivity index is 1.63. The summed E-state index contributed by atoms with van der Waals surface area (Å²) < 4.78 is 13.5. The van der Waals surface area contributed by atoms with Crippen molar-refractivity contribution >= 4 is 17.8 Å². The van der Waals surface area contributed by atoms with Crippen molar-refractivity contribution in [1.29, 1.82) is 0 Å². The Labute approximate surface area is 144 Å². The summed E-state index contributed by atoms with van der Waals surface area (Å²) in [6, 6.07) is 6.24. The third kappa shape index (κ3) is 2.76. The molecule has 2 atom stereocenters. The Kier molecular flexibility index (Phi) is 3.73. The highest BCUT2D eigenvalue weighted by Gasteiger charge is 2.39. The lowest BCUT2D eigenvalue weighted by atomic mass is 9.84. The van der Waals surface area contributed by atoms with Crippen molar-refractivity contribution in [3.8, 4) is 0 Å². The molecule has 7 heteroatoms. The first kappa shape index (κ1) is 15.7. The number of aliphatic imine (C=N–C) groups is 2. The van der Waals surface area contributed by atoms with E-state index in [0.717, 1.165) is 0 Å². The summed E-state index contributed by atoms with van der Waals surface area (Å²) in [5.74, 6) is -0.772. The van der Waals surface area contributed by atoms with Gasteiger partial charge in [-0.1, -0.05) is 18.2 Å². The Bertz CT molecular complexity index is 851. The molecule has 128 valence electrons. The van der Waals surface area contributed by atoms with Crippen LogP contribution in [0.3, 0.4) is 0 Å². The number of carbonyl (C=O) groups excluding carboxylic acids is 1. The van der Waals surface area contributed by atoms with E-state index in [-0.39, 0.29) is 29.5 Å². The van der Waals surface area contributed by atoms with Crippen molar-refractivity contribution in [3.05, 3.63) is 59.3 Å². The van der Waals surface area contributed by atoms with Gasteiger partial charge in [-0.15, -0.1) is 0 Å². The van der Waals surface area contributed by atoms with Crippen molar-refractivity contribution in [2.24, 2.45) is 33.3 Å². The zero-order valence-electron chi connectivity index (χ0n) is 13.5. The minimum absolute atomic E-state index is 0.0190. The average molecular weight is 339 g/mol. The molecule has 3 heterocycles. The molecule has 25 heavy (non-hydrogen) atoms. The van der Waals surface area contributed by atoms with Crippen LogP contribution >= 0.6 is 0 Å². The van der Waals surface area contributed by atoms with Gasteiger partial charge >= 0.3 is 0 Å². The largest absolute Gasteiger partial charge is 0.382 e. The summed E-state index contributed by atoms with van der Waals surface area (Å²) in [5, 5.41) is 0. The molecule has 3 aliphatic rings. The number of hydrogen-bond acceptors (Lipinski definition) is 5. The van der Waals surface area contributed by atoms with Gasteiger partial charge < -0.3 is 16.4 Å². The van der Waals surface area contributed by atoms with Crippen molar-refractivity contribution in [2.45, 2.75) is 6.04 Å². The summed E-state index contributed by atoms with van der Waals surface area (Å²) in [7, 11) is 0. The highest BCUT2D eigenvalue weighted by atomic mass is 19.1. The summed E-state index contributed by atoms with van der Waals surface area (Å²) in [6.45, 7) is 1.12. The Morgan fingerprint density at radius 1 is 1.32 bits per heavy atom. The van der Waals surface area contributed by atoms with Crippen molar-refractivity contribution in [3.63, 3.8) is 0 Å². The minimum atomic E-state index is -0.441. The second-order valence-electron chi connectivity index (χ2n) is 6.47. The van der Waals surface area contributed by atoms with E-state index in [2.05, 4.69) is 9.98 Å². The molecule has 1 amide bonds. The van der Waals surface area contributed by atoms with Gasteiger partial charge in [0.05, 0.1) is 17.3 Å². The molecule has 1 saturated heterocycles. The van der Waals surface area contributed by atoms with Gasteiger partial charge in [-0.3, -0.25) is 4.79 Å². The van der Waals surface area contributed by atoms with E-state index in [0.29, 0.717) is 30.1 Å². The number of nitrogens with two attached hydrogens (primary N) is 2. The fourth-order valence-electron chi connectivity index (χ4n) is 3.29. The van der Waals surface area contributed by atoms with Gasteiger partial charge in [0, 0.05) is 36.8 Å². The molecule has 0 bridgehead atoms. The van der Waals surface area contributed by atoms with Crippen LogP contribution in [0.25, 0.3) is 0 Å². The molecule has 0 spiro atoms. The van der Waals surface area contributed by atoms with Crippen LogP contribution in [0.1, 0.15) is 5.56 Å². The highest BCUT2D eigenvalue weighted by molar-refractivity contribution is 6.10. The Morgan fingerprint density at radius 2 is 2.12 bits per heavy atom. The maximum absolute atomic E-state index is 13.5. The van der Waals surface area contributed by atoms with E-state index in [1.54, 1.807) is 29.3 Å². The minimum Gasteiger partial charge on any atom is -0.382 e. The van der Waals surface area contributed by atoms with Gasteiger partial charge in [0.2, 0.25) is 5.91 Å². The molecular weight excluding hydrogens is 321 g/mol. The fraction of sp³-hybridized carbons (Fsp3) is 0.278. The number of rotatable bonds is 2. The number of hydrogen-bond donors (Lipinski definition) is 2. The molecule has 1 aromatic rings. The van der Waals surface area contributed by atoms with E-state index in [1.807, 2.05) is 6.08 Å². The summed E-state index contributed by atoms with van der Waals surface area (Å²) in [6.07, 6.45) is 5.28. The standard InChI is InChI=1S/C18H18FN5O/c19-11-3-1-2-10(6-11)15-5-4-13-14(7-22-17(21)16(13)23-15)18(25)24-8-12(20)9-24/h1-7,12-14H,8-9,20-21H2. The van der Waals surface area contributed by atoms with Crippen molar-refractivity contribution in [2.75, 3.05) is 13.1 Å². The van der Waals surface area contributed by atoms with E-state index < -0.39 is 5.92 Å². The van der Waals surface area contributed by atoms with Crippen LogP contribution in [0, 0.1) is 17.7 Å². The lowest BCUT2D eigenvalue weighted by Gasteiger charge is -2.40. The summed E-state index contributed by atoms with van der Waals surface area (Å²) in [5.41, 5.74) is 13.6. The zero-order valence-corrected chi connectivity index (χ0v) is 13.5. The number of halogens is 1.